The molecule has 0 radical (unpaired) electrons. The normalized spacial score (nSPS) is 14.2. The Hall–Kier alpha value is -1.24. The molecule has 18 heavy (non-hydrogen) atoms. The second-order valence-corrected chi connectivity index (χ2v) is 5.01. The van der Waals surface area contributed by atoms with Crippen LogP contribution in [-0.2, 0) is 4.74 Å². The first-order valence-electron chi connectivity index (χ1n) is 6.31. The number of rotatable bonds is 7. The number of benzene rings is 1. The summed E-state index contributed by atoms with van der Waals surface area (Å²) >= 11 is 6.05. The summed E-state index contributed by atoms with van der Waals surface area (Å²) in [5, 5.41) is 12.6. The van der Waals surface area contributed by atoms with Gasteiger partial charge in [-0.15, -0.1) is 0 Å². The number of halogens is 1. The fraction of sp³-hybridized carbons (Fsp3) is 0.500. The first kappa shape index (κ1) is 13.2. The van der Waals surface area contributed by atoms with Crippen molar-refractivity contribution in [3.05, 3.63) is 28.8 Å². The molecule has 3 nitrogen and oxygen atoms in total. The minimum atomic E-state index is 0.582. The van der Waals surface area contributed by atoms with Crippen LogP contribution >= 0.6 is 11.6 Å². The molecule has 0 aromatic heterocycles. The summed E-state index contributed by atoms with van der Waals surface area (Å²) in [4.78, 5) is 0. The summed E-state index contributed by atoms with van der Waals surface area (Å²) in [6, 6.07) is 7.34. The van der Waals surface area contributed by atoms with Gasteiger partial charge in [-0.2, -0.15) is 5.26 Å². The van der Waals surface area contributed by atoms with Crippen molar-refractivity contribution < 1.29 is 4.74 Å². The van der Waals surface area contributed by atoms with Crippen LogP contribution in [0.4, 0.5) is 5.69 Å². The van der Waals surface area contributed by atoms with E-state index in [1.54, 1.807) is 12.1 Å². The van der Waals surface area contributed by atoms with Crippen molar-refractivity contribution in [2.24, 2.45) is 5.92 Å². The van der Waals surface area contributed by atoms with Gasteiger partial charge in [0.05, 0.1) is 22.3 Å². The Morgan fingerprint density at radius 3 is 2.94 bits per heavy atom. The molecule has 1 saturated carbocycles. The van der Waals surface area contributed by atoms with E-state index in [-0.39, 0.29) is 0 Å². The number of nitrogens with one attached hydrogen (secondary N) is 1. The maximum absolute atomic E-state index is 8.73. The van der Waals surface area contributed by atoms with Crippen molar-refractivity contribution in [2.75, 3.05) is 25.1 Å². The number of nitrogens with zero attached hydrogens (tertiary/aromatic N) is 1. The Morgan fingerprint density at radius 1 is 1.44 bits per heavy atom. The Balaban J connectivity index is 1.64. The summed E-state index contributed by atoms with van der Waals surface area (Å²) in [6.45, 7) is 2.53. The average molecular weight is 265 g/mol. The molecule has 1 aromatic rings. The van der Waals surface area contributed by atoms with Crippen molar-refractivity contribution in [2.45, 2.75) is 19.3 Å². The van der Waals surface area contributed by atoms with Crippen molar-refractivity contribution in [3.63, 3.8) is 0 Å². The molecule has 0 spiro atoms. The first-order valence-corrected chi connectivity index (χ1v) is 6.68. The minimum Gasteiger partial charge on any atom is -0.384 e. The summed E-state index contributed by atoms with van der Waals surface area (Å²) in [6.07, 6.45) is 3.63. The van der Waals surface area contributed by atoms with E-state index in [0.717, 1.165) is 37.8 Å². The van der Waals surface area contributed by atoms with Crippen LogP contribution in [0.1, 0.15) is 24.8 Å². The zero-order valence-electron chi connectivity index (χ0n) is 10.3. The SMILES string of the molecule is N#Cc1ccc(NCCCOCC2CC2)c(Cl)c1. The molecule has 0 unspecified atom stereocenters. The van der Waals surface area contributed by atoms with E-state index in [9.17, 15) is 0 Å². The van der Waals surface area contributed by atoms with E-state index in [1.165, 1.54) is 12.8 Å². The van der Waals surface area contributed by atoms with Gasteiger partial charge in [-0.1, -0.05) is 11.6 Å². The molecule has 1 fully saturated rings. The number of hydrogen-bond donors (Lipinski definition) is 1. The fourth-order valence-electron chi connectivity index (χ4n) is 1.66. The molecule has 0 heterocycles. The number of anilines is 1. The monoisotopic (exact) mass is 264 g/mol. The second kappa shape index (κ2) is 6.63. The molecule has 1 aromatic carbocycles. The quantitative estimate of drug-likeness (QED) is 0.768. The molecule has 0 aliphatic heterocycles. The molecule has 0 atom stereocenters. The predicted octanol–water partition coefficient (Wildman–Crippen LogP) is 3.44. The Kier molecular flexibility index (Phi) is 4.86. The van der Waals surface area contributed by atoms with Gasteiger partial charge < -0.3 is 10.1 Å². The molecule has 4 heteroatoms. The highest BCUT2D eigenvalue weighted by atomic mass is 35.5. The summed E-state index contributed by atoms with van der Waals surface area (Å²) in [5.74, 6) is 0.825. The zero-order valence-corrected chi connectivity index (χ0v) is 11.0. The highest BCUT2D eigenvalue weighted by molar-refractivity contribution is 6.33. The van der Waals surface area contributed by atoms with E-state index in [2.05, 4.69) is 11.4 Å². The Bertz CT molecular complexity index is 438. The van der Waals surface area contributed by atoms with Gasteiger partial charge >= 0.3 is 0 Å². The van der Waals surface area contributed by atoms with Crippen molar-refractivity contribution in [1.82, 2.24) is 0 Å². The highest BCUT2D eigenvalue weighted by Gasteiger charge is 2.20. The van der Waals surface area contributed by atoms with Gasteiger partial charge in [0.15, 0.2) is 0 Å². The van der Waals surface area contributed by atoms with E-state index in [1.807, 2.05) is 6.07 Å². The molecular weight excluding hydrogens is 248 g/mol. The lowest BCUT2D eigenvalue weighted by Gasteiger charge is -2.08. The molecule has 0 bridgehead atoms. The van der Waals surface area contributed by atoms with Crippen LogP contribution in [0.2, 0.25) is 5.02 Å². The van der Waals surface area contributed by atoms with Crippen LogP contribution in [0, 0.1) is 17.2 Å². The smallest absolute Gasteiger partial charge is 0.0992 e. The topological polar surface area (TPSA) is 45.0 Å². The average Bonchev–Trinajstić information content (AvgIpc) is 3.19. The van der Waals surface area contributed by atoms with Crippen molar-refractivity contribution in [3.8, 4) is 6.07 Å². The molecular formula is C14H17ClN2O. The standard InChI is InChI=1S/C14H17ClN2O/c15-13-8-12(9-16)4-5-14(13)17-6-1-7-18-10-11-2-3-11/h4-5,8,11,17H,1-3,6-7,10H2. The lowest BCUT2D eigenvalue weighted by molar-refractivity contribution is 0.124. The number of hydrogen-bond acceptors (Lipinski definition) is 3. The predicted molar refractivity (Wildman–Crippen MR) is 72.8 cm³/mol. The fourth-order valence-corrected chi connectivity index (χ4v) is 1.91. The van der Waals surface area contributed by atoms with E-state index >= 15 is 0 Å². The van der Waals surface area contributed by atoms with Gasteiger partial charge in [-0.25, -0.2) is 0 Å². The van der Waals surface area contributed by atoms with Gasteiger partial charge in [0.1, 0.15) is 0 Å². The first-order chi connectivity index (χ1) is 8.79. The van der Waals surface area contributed by atoms with Crippen LogP contribution in [0.5, 0.6) is 0 Å². The van der Waals surface area contributed by atoms with E-state index < -0.39 is 0 Å². The molecule has 0 saturated heterocycles. The third-order valence-corrected chi connectivity index (χ3v) is 3.24. The summed E-state index contributed by atoms with van der Waals surface area (Å²) in [5.41, 5.74) is 1.45. The molecule has 0 amide bonds. The van der Waals surface area contributed by atoms with Crippen molar-refractivity contribution >= 4 is 17.3 Å². The lowest BCUT2D eigenvalue weighted by atomic mass is 10.2. The van der Waals surface area contributed by atoms with Crippen molar-refractivity contribution in [1.29, 1.82) is 5.26 Å². The maximum Gasteiger partial charge on any atom is 0.0992 e. The highest BCUT2D eigenvalue weighted by Crippen LogP contribution is 2.28. The molecule has 1 aliphatic rings. The van der Waals surface area contributed by atoms with Crippen LogP contribution in [0.15, 0.2) is 18.2 Å². The van der Waals surface area contributed by atoms with Gasteiger partial charge in [-0.3, -0.25) is 0 Å². The van der Waals surface area contributed by atoms with Crippen LogP contribution in [0.3, 0.4) is 0 Å². The number of nitriles is 1. The molecule has 96 valence electrons. The maximum atomic E-state index is 8.73. The van der Waals surface area contributed by atoms with Crippen LogP contribution < -0.4 is 5.32 Å². The third kappa shape index (κ3) is 4.21. The van der Waals surface area contributed by atoms with Gasteiger partial charge in [0, 0.05) is 19.8 Å². The van der Waals surface area contributed by atoms with E-state index in [4.69, 9.17) is 21.6 Å². The van der Waals surface area contributed by atoms with E-state index in [0.29, 0.717) is 10.6 Å². The molecule has 1 N–H and O–H groups in total. The number of ether oxygens (including phenoxy) is 1. The third-order valence-electron chi connectivity index (χ3n) is 2.93. The minimum absolute atomic E-state index is 0.582. The Morgan fingerprint density at radius 2 is 2.28 bits per heavy atom. The van der Waals surface area contributed by atoms with Gasteiger partial charge in [-0.05, 0) is 43.4 Å². The zero-order chi connectivity index (χ0) is 12.8. The second-order valence-electron chi connectivity index (χ2n) is 4.61. The Labute approximate surface area is 113 Å². The van der Waals surface area contributed by atoms with Gasteiger partial charge in [0.2, 0.25) is 0 Å². The van der Waals surface area contributed by atoms with Crippen LogP contribution in [0.25, 0.3) is 0 Å². The van der Waals surface area contributed by atoms with Crippen LogP contribution in [-0.4, -0.2) is 19.8 Å². The van der Waals surface area contributed by atoms with Gasteiger partial charge in [0.25, 0.3) is 0 Å². The largest absolute Gasteiger partial charge is 0.384 e. The summed E-state index contributed by atoms with van der Waals surface area (Å²) < 4.78 is 5.55. The lowest BCUT2D eigenvalue weighted by Crippen LogP contribution is -2.07. The molecule has 2 rings (SSSR count). The molecule has 1 aliphatic carbocycles. The summed E-state index contributed by atoms with van der Waals surface area (Å²) in [7, 11) is 0.